The second-order valence-corrected chi connectivity index (χ2v) is 3.13. The number of esters is 2. The van der Waals surface area contributed by atoms with Crippen molar-refractivity contribution in [3.05, 3.63) is 0 Å². The zero-order valence-corrected chi connectivity index (χ0v) is 10.1. The molecule has 0 rings (SSSR count). The van der Waals surface area contributed by atoms with Crippen molar-refractivity contribution in [2.75, 3.05) is 14.2 Å². The second-order valence-electron chi connectivity index (χ2n) is 3.13. The largest absolute Gasteiger partial charge is 0.467 e. The lowest BCUT2D eigenvalue weighted by Gasteiger charge is -2.08. The SMILES string of the molecule is CCC(/N=N/C(CC)C(=O)OC)C(=O)OC. The molecule has 16 heavy (non-hydrogen) atoms. The molecule has 0 heterocycles. The Labute approximate surface area is 95.0 Å². The average molecular weight is 230 g/mol. The number of ether oxygens (including phenoxy) is 2. The first kappa shape index (κ1) is 14.5. The van der Waals surface area contributed by atoms with Crippen LogP contribution in [0, 0.1) is 0 Å². The Morgan fingerprint density at radius 1 is 0.938 bits per heavy atom. The van der Waals surface area contributed by atoms with Crippen LogP contribution in [0.4, 0.5) is 0 Å². The highest BCUT2D eigenvalue weighted by Crippen LogP contribution is 2.06. The van der Waals surface area contributed by atoms with Crippen molar-refractivity contribution in [3.63, 3.8) is 0 Å². The van der Waals surface area contributed by atoms with Crippen LogP contribution in [-0.4, -0.2) is 38.2 Å². The third-order valence-electron chi connectivity index (χ3n) is 2.07. The fourth-order valence-corrected chi connectivity index (χ4v) is 1.02. The van der Waals surface area contributed by atoms with Crippen molar-refractivity contribution in [1.82, 2.24) is 0 Å². The third kappa shape index (κ3) is 4.37. The molecular weight excluding hydrogens is 212 g/mol. The molecule has 6 nitrogen and oxygen atoms in total. The first-order valence-electron chi connectivity index (χ1n) is 5.16. The number of azo groups is 1. The number of hydrogen-bond donors (Lipinski definition) is 0. The molecule has 0 aliphatic rings. The molecular formula is C10H18N2O4. The highest BCUT2D eigenvalue weighted by Gasteiger charge is 2.19. The lowest BCUT2D eigenvalue weighted by molar-refractivity contribution is -0.144. The number of nitrogens with zero attached hydrogens (tertiary/aromatic N) is 2. The molecule has 0 aromatic heterocycles. The van der Waals surface area contributed by atoms with E-state index in [2.05, 4.69) is 19.7 Å². The molecule has 2 unspecified atom stereocenters. The zero-order chi connectivity index (χ0) is 12.6. The number of methoxy groups -OCH3 is 2. The Morgan fingerprint density at radius 2 is 1.25 bits per heavy atom. The van der Waals surface area contributed by atoms with Gasteiger partial charge in [0.1, 0.15) is 0 Å². The molecule has 0 aliphatic carbocycles. The van der Waals surface area contributed by atoms with Gasteiger partial charge in [-0.2, -0.15) is 10.2 Å². The van der Waals surface area contributed by atoms with Gasteiger partial charge in [-0.3, -0.25) is 0 Å². The van der Waals surface area contributed by atoms with Gasteiger partial charge in [0, 0.05) is 0 Å². The molecule has 0 saturated carbocycles. The minimum Gasteiger partial charge on any atom is -0.467 e. The molecule has 0 N–H and O–H groups in total. The summed E-state index contributed by atoms with van der Waals surface area (Å²) < 4.78 is 9.09. The molecule has 0 aromatic rings. The normalized spacial score (nSPS) is 14.5. The minimum absolute atomic E-state index is 0.453. The Kier molecular flexibility index (Phi) is 7.07. The molecule has 0 spiro atoms. The van der Waals surface area contributed by atoms with Crippen LogP contribution in [-0.2, 0) is 19.1 Å². The van der Waals surface area contributed by atoms with Gasteiger partial charge in [0.15, 0.2) is 12.1 Å². The Balaban J connectivity index is 4.52. The fourth-order valence-electron chi connectivity index (χ4n) is 1.02. The van der Waals surface area contributed by atoms with E-state index < -0.39 is 24.0 Å². The second kappa shape index (κ2) is 7.78. The molecule has 0 bridgehead atoms. The van der Waals surface area contributed by atoms with Gasteiger partial charge in [0.25, 0.3) is 0 Å². The van der Waals surface area contributed by atoms with E-state index in [-0.39, 0.29) is 0 Å². The van der Waals surface area contributed by atoms with E-state index in [0.717, 1.165) is 0 Å². The summed E-state index contributed by atoms with van der Waals surface area (Å²) in [5, 5.41) is 7.61. The van der Waals surface area contributed by atoms with E-state index in [1.807, 2.05) is 0 Å². The van der Waals surface area contributed by atoms with E-state index >= 15 is 0 Å². The Bertz CT molecular complexity index is 240. The highest BCUT2D eigenvalue weighted by atomic mass is 16.5. The molecule has 0 fully saturated rings. The Hall–Kier alpha value is -1.46. The molecule has 0 aromatic carbocycles. The molecule has 0 aliphatic heterocycles. The summed E-state index contributed by atoms with van der Waals surface area (Å²) in [4.78, 5) is 22.4. The number of hydrogen-bond acceptors (Lipinski definition) is 6. The topological polar surface area (TPSA) is 77.3 Å². The maximum absolute atomic E-state index is 11.2. The predicted molar refractivity (Wildman–Crippen MR) is 57.0 cm³/mol. The van der Waals surface area contributed by atoms with Crippen LogP contribution in [0.25, 0.3) is 0 Å². The van der Waals surface area contributed by atoms with Crippen LogP contribution in [0.3, 0.4) is 0 Å². The van der Waals surface area contributed by atoms with Gasteiger partial charge in [-0.05, 0) is 12.8 Å². The third-order valence-corrected chi connectivity index (χ3v) is 2.07. The van der Waals surface area contributed by atoms with Crippen molar-refractivity contribution in [2.45, 2.75) is 38.8 Å². The molecule has 0 radical (unpaired) electrons. The van der Waals surface area contributed by atoms with Crippen LogP contribution in [0.5, 0.6) is 0 Å². The lowest BCUT2D eigenvalue weighted by Crippen LogP contribution is -2.22. The van der Waals surface area contributed by atoms with Crippen LogP contribution < -0.4 is 0 Å². The quantitative estimate of drug-likeness (QED) is 0.509. The van der Waals surface area contributed by atoms with E-state index in [1.165, 1.54) is 14.2 Å². The van der Waals surface area contributed by atoms with Gasteiger partial charge in [-0.1, -0.05) is 13.8 Å². The van der Waals surface area contributed by atoms with E-state index in [4.69, 9.17) is 0 Å². The van der Waals surface area contributed by atoms with Gasteiger partial charge in [-0.25, -0.2) is 9.59 Å². The van der Waals surface area contributed by atoms with Gasteiger partial charge in [0.05, 0.1) is 14.2 Å². The maximum Gasteiger partial charge on any atom is 0.332 e. The van der Waals surface area contributed by atoms with Crippen molar-refractivity contribution in [3.8, 4) is 0 Å². The minimum atomic E-state index is -0.649. The first-order chi connectivity index (χ1) is 7.60. The smallest absolute Gasteiger partial charge is 0.332 e. The Morgan fingerprint density at radius 3 is 1.44 bits per heavy atom. The molecule has 2 atom stereocenters. The summed E-state index contributed by atoms with van der Waals surface area (Å²) in [6.45, 7) is 3.58. The average Bonchev–Trinajstić information content (AvgIpc) is 2.33. The van der Waals surface area contributed by atoms with Crippen molar-refractivity contribution >= 4 is 11.9 Å². The predicted octanol–water partition coefficient (Wildman–Crippen LogP) is 1.34. The number of carbonyl (C=O) groups excluding carboxylic acids is 2. The summed E-state index contributed by atoms with van der Waals surface area (Å²) in [5.41, 5.74) is 0. The molecule has 92 valence electrons. The number of carbonyl (C=O) groups is 2. The van der Waals surface area contributed by atoms with E-state index in [0.29, 0.717) is 12.8 Å². The summed E-state index contributed by atoms with van der Waals surface area (Å²) >= 11 is 0. The maximum atomic E-state index is 11.2. The molecule has 0 saturated heterocycles. The summed E-state index contributed by atoms with van der Waals surface area (Å²) in [6, 6.07) is -1.30. The fraction of sp³-hybridized carbons (Fsp3) is 0.800. The standard InChI is InChI=1S/C10H18N2O4/c1-5-7(9(13)15-3)11-12-8(6-2)10(14)16-4/h7-8H,5-6H2,1-4H3/b12-11+. The van der Waals surface area contributed by atoms with Crippen LogP contribution in [0.2, 0.25) is 0 Å². The zero-order valence-electron chi connectivity index (χ0n) is 10.1. The van der Waals surface area contributed by atoms with Crippen LogP contribution in [0.1, 0.15) is 26.7 Å². The van der Waals surface area contributed by atoms with Gasteiger partial charge in [-0.15, -0.1) is 0 Å². The van der Waals surface area contributed by atoms with Gasteiger partial charge in [0.2, 0.25) is 0 Å². The summed E-state index contributed by atoms with van der Waals surface area (Å²) in [7, 11) is 2.58. The van der Waals surface area contributed by atoms with Crippen molar-refractivity contribution < 1.29 is 19.1 Å². The number of rotatable bonds is 6. The molecule has 0 amide bonds. The summed E-state index contributed by atoms with van der Waals surface area (Å²) in [6.07, 6.45) is 0.960. The van der Waals surface area contributed by atoms with Gasteiger partial charge >= 0.3 is 11.9 Å². The van der Waals surface area contributed by atoms with Crippen LogP contribution in [0.15, 0.2) is 10.2 Å². The van der Waals surface area contributed by atoms with Crippen LogP contribution >= 0.6 is 0 Å². The highest BCUT2D eigenvalue weighted by molar-refractivity contribution is 5.76. The summed E-state index contributed by atoms with van der Waals surface area (Å²) in [5.74, 6) is -0.906. The van der Waals surface area contributed by atoms with Crippen molar-refractivity contribution in [1.29, 1.82) is 0 Å². The molecule has 6 heteroatoms. The monoisotopic (exact) mass is 230 g/mol. The first-order valence-corrected chi connectivity index (χ1v) is 5.16. The van der Waals surface area contributed by atoms with Gasteiger partial charge < -0.3 is 9.47 Å². The van der Waals surface area contributed by atoms with Crippen molar-refractivity contribution in [2.24, 2.45) is 10.2 Å². The van der Waals surface area contributed by atoms with E-state index in [9.17, 15) is 9.59 Å². The van der Waals surface area contributed by atoms with E-state index in [1.54, 1.807) is 13.8 Å². The lowest BCUT2D eigenvalue weighted by atomic mass is 10.2.